The minimum atomic E-state index is -0.857. The Kier molecular flexibility index (Phi) is 9.63. The Morgan fingerprint density at radius 2 is 1.66 bits per heavy atom. The van der Waals surface area contributed by atoms with Crippen molar-refractivity contribution in [2.24, 2.45) is 0 Å². The van der Waals surface area contributed by atoms with Gasteiger partial charge in [-0.2, -0.15) is 0 Å². The van der Waals surface area contributed by atoms with E-state index in [4.69, 9.17) is 18.9 Å². The van der Waals surface area contributed by atoms with E-state index >= 15 is 0 Å². The van der Waals surface area contributed by atoms with Crippen molar-refractivity contribution >= 4 is 17.4 Å². The van der Waals surface area contributed by atoms with Crippen molar-refractivity contribution in [1.82, 2.24) is 9.80 Å². The molecule has 1 aliphatic rings. The van der Waals surface area contributed by atoms with Gasteiger partial charge in [-0.3, -0.25) is 9.59 Å². The predicted octanol–water partition coefficient (Wildman–Crippen LogP) is 4.18. The number of ketones is 1. The number of hydrogen-bond acceptors (Lipinski definition) is 8. The van der Waals surface area contributed by atoms with Crippen LogP contribution in [0, 0.1) is 6.92 Å². The number of methoxy groups -OCH3 is 3. The van der Waals surface area contributed by atoms with Gasteiger partial charge in [0.25, 0.3) is 11.7 Å². The normalized spacial score (nSPS) is 16.7. The number of benzene rings is 2. The average molecular weight is 527 g/mol. The number of carbonyl (C=O) groups is 2. The van der Waals surface area contributed by atoms with Crippen LogP contribution in [-0.2, 0) is 9.59 Å². The third kappa shape index (κ3) is 5.88. The first-order valence-electron chi connectivity index (χ1n) is 12.6. The van der Waals surface area contributed by atoms with Gasteiger partial charge in [0.15, 0.2) is 11.5 Å². The van der Waals surface area contributed by atoms with Gasteiger partial charge in [0.2, 0.25) is 5.75 Å². The number of ether oxygens (including phenoxy) is 4. The van der Waals surface area contributed by atoms with E-state index in [1.54, 1.807) is 30.3 Å². The van der Waals surface area contributed by atoms with Crippen LogP contribution in [0.5, 0.6) is 23.0 Å². The van der Waals surface area contributed by atoms with Crippen molar-refractivity contribution in [2.75, 3.05) is 55.1 Å². The van der Waals surface area contributed by atoms with Crippen molar-refractivity contribution in [2.45, 2.75) is 32.7 Å². The molecule has 1 atom stereocenters. The van der Waals surface area contributed by atoms with Gasteiger partial charge >= 0.3 is 0 Å². The van der Waals surface area contributed by atoms with E-state index < -0.39 is 17.7 Å². The van der Waals surface area contributed by atoms with Crippen LogP contribution in [0.2, 0.25) is 0 Å². The maximum absolute atomic E-state index is 13.4. The van der Waals surface area contributed by atoms with Gasteiger partial charge in [-0.15, -0.1) is 0 Å². The van der Waals surface area contributed by atoms with Crippen LogP contribution in [0.3, 0.4) is 0 Å². The van der Waals surface area contributed by atoms with Crippen LogP contribution >= 0.6 is 0 Å². The minimum absolute atomic E-state index is 0.00193. The molecule has 2 aromatic rings. The Labute approximate surface area is 224 Å². The van der Waals surface area contributed by atoms with E-state index in [9.17, 15) is 14.7 Å². The quantitative estimate of drug-likeness (QED) is 0.190. The molecule has 3 rings (SSSR count). The molecule has 1 heterocycles. The molecule has 1 N–H and O–H groups in total. The number of likely N-dealkylation sites (N-methyl/N-ethyl adjacent to an activating group) is 1. The van der Waals surface area contributed by atoms with E-state index in [2.05, 4.69) is 6.92 Å². The lowest BCUT2D eigenvalue weighted by molar-refractivity contribution is -0.140. The number of hydrogen-bond donors (Lipinski definition) is 1. The van der Waals surface area contributed by atoms with Crippen LogP contribution in [0.4, 0.5) is 0 Å². The molecular weight excluding hydrogens is 488 g/mol. The fraction of sp³-hybridized carbons (Fsp3) is 0.448. The van der Waals surface area contributed by atoms with Crippen LogP contribution in [0.15, 0.2) is 35.9 Å². The lowest BCUT2D eigenvalue weighted by Crippen LogP contribution is -2.35. The van der Waals surface area contributed by atoms with Crippen molar-refractivity contribution in [3.8, 4) is 23.0 Å². The van der Waals surface area contributed by atoms with Crippen molar-refractivity contribution in [1.29, 1.82) is 0 Å². The van der Waals surface area contributed by atoms with Gasteiger partial charge in [0.05, 0.1) is 39.6 Å². The highest BCUT2D eigenvalue weighted by atomic mass is 16.5. The maximum atomic E-state index is 13.4. The SMILES string of the molecule is CCCCOc1ccc(/C(O)=C2\C(=O)C(=O)N(CCN(C)C)[C@H]2c2cc(OC)c(OC)c(OC)c2)cc1C. The van der Waals surface area contributed by atoms with Gasteiger partial charge in [-0.05, 0) is 68.9 Å². The summed E-state index contributed by atoms with van der Waals surface area (Å²) in [5.41, 5.74) is 1.79. The smallest absolute Gasteiger partial charge is 0.295 e. The molecule has 1 fully saturated rings. The number of rotatable bonds is 12. The lowest BCUT2D eigenvalue weighted by atomic mass is 9.94. The molecule has 0 radical (unpaired) electrons. The van der Waals surface area contributed by atoms with Crippen molar-refractivity contribution in [3.05, 3.63) is 52.6 Å². The summed E-state index contributed by atoms with van der Waals surface area (Å²) in [7, 11) is 8.27. The third-order valence-corrected chi connectivity index (χ3v) is 6.53. The van der Waals surface area contributed by atoms with Crippen LogP contribution < -0.4 is 18.9 Å². The number of amides is 1. The first-order chi connectivity index (χ1) is 18.2. The van der Waals surface area contributed by atoms with Crippen molar-refractivity contribution < 1.29 is 33.6 Å². The first-order valence-corrected chi connectivity index (χ1v) is 12.6. The number of aryl methyl sites for hydroxylation is 1. The average Bonchev–Trinajstić information content (AvgIpc) is 3.16. The summed E-state index contributed by atoms with van der Waals surface area (Å²) in [6, 6.07) is 7.77. The Morgan fingerprint density at radius 3 is 2.18 bits per heavy atom. The van der Waals surface area contributed by atoms with Gasteiger partial charge in [0.1, 0.15) is 11.5 Å². The number of Topliss-reactive ketones (excluding diaryl/α,β-unsaturated/α-hetero) is 1. The molecule has 1 aliphatic heterocycles. The third-order valence-electron chi connectivity index (χ3n) is 6.53. The monoisotopic (exact) mass is 526 g/mol. The van der Waals surface area contributed by atoms with E-state index in [0.29, 0.717) is 47.3 Å². The Bertz CT molecular complexity index is 1180. The molecule has 38 heavy (non-hydrogen) atoms. The second-order valence-electron chi connectivity index (χ2n) is 9.44. The zero-order chi connectivity index (χ0) is 28.0. The number of likely N-dealkylation sites (tertiary alicyclic amines) is 1. The second kappa shape index (κ2) is 12.7. The molecular formula is C29H38N2O7. The van der Waals surface area contributed by atoms with Crippen molar-refractivity contribution in [3.63, 3.8) is 0 Å². The predicted molar refractivity (Wildman–Crippen MR) is 145 cm³/mol. The molecule has 0 saturated carbocycles. The molecule has 0 spiro atoms. The topological polar surface area (TPSA) is 97.8 Å². The Morgan fingerprint density at radius 1 is 1.00 bits per heavy atom. The summed E-state index contributed by atoms with van der Waals surface area (Å²) in [5, 5.41) is 11.5. The summed E-state index contributed by atoms with van der Waals surface area (Å²) in [5.74, 6) is 0.178. The molecule has 0 aliphatic carbocycles. The summed E-state index contributed by atoms with van der Waals surface area (Å²) in [4.78, 5) is 30.0. The summed E-state index contributed by atoms with van der Waals surface area (Å²) in [6.45, 7) is 5.37. The van der Waals surface area contributed by atoms with Gasteiger partial charge in [0, 0.05) is 18.7 Å². The highest BCUT2D eigenvalue weighted by Gasteiger charge is 2.46. The highest BCUT2D eigenvalue weighted by Crippen LogP contribution is 2.45. The second-order valence-corrected chi connectivity index (χ2v) is 9.44. The van der Waals surface area contributed by atoms with E-state index in [1.165, 1.54) is 26.2 Å². The summed E-state index contributed by atoms with van der Waals surface area (Å²) >= 11 is 0. The molecule has 1 saturated heterocycles. The summed E-state index contributed by atoms with van der Waals surface area (Å²) < 4.78 is 22.3. The molecule has 1 amide bonds. The van der Waals surface area contributed by atoms with E-state index in [-0.39, 0.29) is 17.9 Å². The lowest BCUT2D eigenvalue weighted by Gasteiger charge is -2.27. The number of unbranched alkanes of at least 4 members (excludes halogenated alkanes) is 1. The van der Waals surface area contributed by atoms with Gasteiger partial charge in [-0.25, -0.2) is 0 Å². The molecule has 0 bridgehead atoms. The maximum Gasteiger partial charge on any atom is 0.295 e. The van der Waals surface area contributed by atoms with Gasteiger partial charge in [-0.1, -0.05) is 13.3 Å². The van der Waals surface area contributed by atoms with E-state index in [1.807, 2.05) is 25.9 Å². The Hall–Kier alpha value is -3.72. The number of aliphatic hydroxyl groups is 1. The first kappa shape index (κ1) is 28.8. The molecule has 2 aromatic carbocycles. The fourth-order valence-electron chi connectivity index (χ4n) is 4.46. The highest BCUT2D eigenvalue weighted by molar-refractivity contribution is 6.46. The summed E-state index contributed by atoms with van der Waals surface area (Å²) in [6.07, 6.45) is 1.96. The van der Waals surface area contributed by atoms with Gasteiger partial charge < -0.3 is 33.9 Å². The molecule has 0 aromatic heterocycles. The standard InChI is InChI=1S/C29H38N2O7/c1-8-9-14-38-21-11-10-19(15-18(21)2)26(32)24-25(31(13-12-30(3)4)29(34)27(24)33)20-16-22(35-5)28(37-7)23(17-20)36-6/h10-11,15-17,25,32H,8-9,12-14H2,1-7H3/b26-24+/t25-/m0/s1. The zero-order valence-electron chi connectivity index (χ0n) is 23.3. The number of carbonyl (C=O) groups excluding carboxylic acids is 2. The van der Waals surface area contributed by atoms with Crippen LogP contribution in [0.25, 0.3) is 5.76 Å². The Balaban J connectivity index is 2.17. The van der Waals surface area contributed by atoms with Crippen LogP contribution in [0.1, 0.15) is 42.5 Å². The largest absolute Gasteiger partial charge is 0.507 e. The molecule has 206 valence electrons. The van der Waals surface area contributed by atoms with Crippen LogP contribution in [-0.4, -0.2) is 81.7 Å². The number of aliphatic hydroxyl groups excluding tert-OH is 1. The zero-order valence-corrected chi connectivity index (χ0v) is 23.3. The molecule has 0 unspecified atom stereocenters. The molecule has 9 heteroatoms. The minimum Gasteiger partial charge on any atom is -0.507 e. The molecule has 9 nitrogen and oxygen atoms in total. The van der Waals surface area contributed by atoms with E-state index in [0.717, 1.165) is 18.4 Å². The number of nitrogens with zero attached hydrogens (tertiary/aromatic N) is 2. The fourth-order valence-corrected chi connectivity index (χ4v) is 4.46.